The second-order valence-electron chi connectivity index (χ2n) is 4.70. The zero-order valence-corrected chi connectivity index (χ0v) is 10.4. The van der Waals surface area contributed by atoms with Crippen molar-refractivity contribution >= 4 is 5.97 Å². The largest absolute Gasteiger partial charge is 0.480 e. The lowest BCUT2D eigenvalue weighted by atomic mass is 9.94. The van der Waals surface area contributed by atoms with E-state index < -0.39 is 11.5 Å². The normalized spacial score (nSPS) is 19.7. The second-order valence-corrected chi connectivity index (χ2v) is 4.70. The van der Waals surface area contributed by atoms with Gasteiger partial charge in [-0.2, -0.15) is 0 Å². The fourth-order valence-corrected chi connectivity index (χ4v) is 1.57. The highest BCUT2D eigenvalue weighted by Crippen LogP contribution is 2.16. The molecule has 0 aromatic heterocycles. The van der Waals surface area contributed by atoms with Gasteiger partial charge in [0.15, 0.2) is 0 Å². The lowest BCUT2D eigenvalue weighted by molar-refractivity contribution is -0.143. The van der Waals surface area contributed by atoms with Crippen molar-refractivity contribution in [1.29, 1.82) is 0 Å². The van der Waals surface area contributed by atoms with Gasteiger partial charge in [-0.15, -0.1) is 0 Å². The first-order valence-electron chi connectivity index (χ1n) is 5.46. The number of carboxylic acids is 1. The molecular weight excluding hydrogens is 192 g/mol. The van der Waals surface area contributed by atoms with Crippen molar-refractivity contribution in [2.24, 2.45) is 5.73 Å². The number of hydrogen-bond donors (Lipinski definition) is 2. The Balaban J connectivity index is 4.36. The summed E-state index contributed by atoms with van der Waals surface area (Å²) >= 11 is 0. The Morgan fingerprint density at radius 3 is 2.27 bits per heavy atom. The number of carbonyl (C=O) groups is 1. The number of hydrogen-bond acceptors (Lipinski definition) is 3. The van der Waals surface area contributed by atoms with E-state index in [2.05, 4.69) is 18.7 Å². The molecule has 0 fully saturated rings. The summed E-state index contributed by atoms with van der Waals surface area (Å²) in [6.07, 6.45) is 1.51. The van der Waals surface area contributed by atoms with Crippen LogP contribution in [0.2, 0.25) is 0 Å². The molecule has 0 aliphatic rings. The minimum atomic E-state index is -1.14. The van der Waals surface area contributed by atoms with Gasteiger partial charge in [-0.25, -0.2) is 0 Å². The summed E-state index contributed by atoms with van der Waals surface area (Å²) in [4.78, 5) is 13.0. The van der Waals surface area contributed by atoms with Crippen LogP contribution in [0.4, 0.5) is 0 Å². The Hall–Kier alpha value is -0.610. The lowest BCUT2D eigenvalue weighted by Gasteiger charge is -2.33. The predicted molar refractivity (Wildman–Crippen MR) is 61.8 cm³/mol. The summed E-state index contributed by atoms with van der Waals surface area (Å²) in [6.45, 7) is 7.83. The first-order chi connectivity index (χ1) is 6.72. The second kappa shape index (κ2) is 5.47. The predicted octanol–water partition coefficient (Wildman–Crippen LogP) is 1.30. The molecule has 3 N–H and O–H groups in total. The molecule has 0 aliphatic heterocycles. The standard InChI is InChI=1S/C11H24N2O2/c1-6-8(2)13(5)9(3)7-11(4,12)10(14)15/h8-9H,6-7,12H2,1-5H3,(H,14,15). The van der Waals surface area contributed by atoms with Crippen LogP contribution in [0.5, 0.6) is 0 Å². The van der Waals surface area contributed by atoms with E-state index in [1.165, 1.54) is 0 Å². The lowest BCUT2D eigenvalue weighted by Crippen LogP contribution is -2.50. The topological polar surface area (TPSA) is 66.6 Å². The van der Waals surface area contributed by atoms with Gasteiger partial charge >= 0.3 is 5.97 Å². The molecular formula is C11H24N2O2. The van der Waals surface area contributed by atoms with E-state index in [-0.39, 0.29) is 6.04 Å². The maximum Gasteiger partial charge on any atom is 0.323 e. The highest BCUT2D eigenvalue weighted by Gasteiger charge is 2.31. The Labute approximate surface area is 92.4 Å². The van der Waals surface area contributed by atoms with Crippen LogP contribution in [-0.4, -0.2) is 40.6 Å². The van der Waals surface area contributed by atoms with E-state index in [9.17, 15) is 4.79 Å². The highest BCUT2D eigenvalue weighted by atomic mass is 16.4. The van der Waals surface area contributed by atoms with Gasteiger partial charge in [0, 0.05) is 12.1 Å². The van der Waals surface area contributed by atoms with Crippen LogP contribution < -0.4 is 5.73 Å². The first-order valence-corrected chi connectivity index (χ1v) is 5.46. The molecule has 4 heteroatoms. The molecule has 0 bridgehead atoms. The van der Waals surface area contributed by atoms with Crippen molar-refractivity contribution < 1.29 is 9.90 Å². The molecule has 0 saturated heterocycles. The fraction of sp³-hybridized carbons (Fsp3) is 0.909. The maximum absolute atomic E-state index is 10.9. The molecule has 0 saturated carbocycles. The minimum absolute atomic E-state index is 0.172. The minimum Gasteiger partial charge on any atom is -0.480 e. The Morgan fingerprint density at radius 2 is 1.93 bits per heavy atom. The van der Waals surface area contributed by atoms with Crippen molar-refractivity contribution in [2.45, 2.75) is 58.2 Å². The SMILES string of the molecule is CCC(C)N(C)C(C)CC(C)(N)C(=O)O. The van der Waals surface area contributed by atoms with Crippen LogP contribution >= 0.6 is 0 Å². The van der Waals surface area contributed by atoms with Gasteiger partial charge in [0.25, 0.3) is 0 Å². The summed E-state index contributed by atoms with van der Waals surface area (Å²) in [7, 11) is 2.01. The molecule has 3 unspecified atom stereocenters. The molecule has 4 nitrogen and oxygen atoms in total. The monoisotopic (exact) mass is 216 g/mol. The maximum atomic E-state index is 10.9. The summed E-state index contributed by atoms with van der Waals surface area (Å²) in [5.41, 5.74) is 4.58. The van der Waals surface area contributed by atoms with Crippen molar-refractivity contribution in [3.05, 3.63) is 0 Å². The van der Waals surface area contributed by atoms with Crippen LogP contribution in [0.15, 0.2) is 0 Å². The average molecular weight is 216 g/mol. The molecule has 15 heavy (non-hydrogen) atoms. The molecule has 90 valence electrons. The first kappa shape index (κ1) is 14.4. The molecule has 0 spiro atoms. The Morgan fingerprint density at radius 1 is 1.47 bits per heavy atom. The summed E-state index contributed by atoms with van der Waals surface area (Å²) < 4.78 is 0. The van der Waals surface area contributed by atoms with Gasteiger partial charge in [0.1, 0.15) is 5.54 Å². The third kappa shape index (κ3) is 4.18. The molecule has 0 rings (SSSR count). The van der Waals surface area contributed by atoms with Gasteiger partial charge in [0.05, 0.1) is 0 Å². The van der Waals surface area contributed by atoms with Crippen LogP contribution in [0.1, 0.15) is 40.5 Å². The van der Waals surface area contributed by atoms with E-state index in [4.69, 9.17) is 10.8 Å². The molecule has 0 aromatic rings. The van der Waals surface area contributed by atoms with Gasteiger partial charge in [-0.1, -0.05) is 6.92 Å². The number of aliphatic carboxylic acids is 1. The van der Waals surface area contributed by atoms with E-state index in [0.717, 1.165) is 6.42 Å². The molecule has 0 heterocycles. The van der Waals surface area contributed by atoms with Crippen LogP contribution in [0, 0.1) is 0 Å². The van der Waals surface area contributed by atoms with Gasteiger partial charge in [-0.3, -0.25) is 4.79 Å². The van der Waals surface area contributed by atoms with Crippen molar-refractivity contribution in [2.75, 3.05) is 7.05 Å². The number of rotatable bonds is 6. The number of nitrogens with two attached hydrogens (primary N) is 1. The number of nitrogens with zero attached hydrogens (tertiary/aromatic N) is 1. The van der Waals surface area contributed by atoms with Gasteiger partial charge in [-0.05, 0) is 40.7 Å². The Bertz CT molecular complexity index is 217. The van der Waals surface area contributed by atoms with E-state index in [1.807, 2.05) is 14.0 Å². The third-order valence-corrected chi connectivity index (χ3v) is 3.19. The molecule has 0 aromatic carbocycles. The number of carboxylic acid groups (broad SMARTS) is 1. The smallest absolute Gasteiger partial charge is 0.323 e. The summed E-state index contributed by atoms with van der Waals surface area (Å²) in [6, 6.07) is 0.621. The van der Waals surface area contributed by atoms with Crippen LogP contribution in [-0.2, 0) is 4.79 Å². The molecule has 0 radical (unpaired) electrons. The fourth-order valence-electron chi connectivity index (χ4n) is 1.57. The third-order valence-electron chi connectivity index (χ3n) is 3.19. The summed E-state index contributed by atoms with van der Waals surface area (Å²) in [5, 5.41) is 8.92. The zero-order chi connectivity index (χ0) is 12.2. The van der Waals surface area contributed by atoms with E-state index in [0.29, 0.717) is 12.5 Å². The zero-order valence-electron chi connectivity index (χ0n) is 10.4. The quantitative estimate of drug-likeness (QED) is 0.702. The molecule has 3 atom stereocenters. The molecule has 0 amide bonds. The van der Waals surface area contributed by atoms with Crippen molar-refractivity contribution in [3.63, 3.8) is 0 Å². The van der Waals surface area contributed by atoms with Gasteiger partial charge in [0.2, 0.25) is 0 Å². The van der Waals surface area contributed by atoms with Gasteiger partial charge < -0.3 is 15.7 Å². The molecule has 0 aliphatic carbocycles. The van der Waals surface area contributed by atoms with Crippen molar-refractivity contribution in [3.8, 4) is 0 Å². The summed E-state index contributed by atoms with van der Waals surface area (Å²) in [5.74, 6) is -0.938. The van der Waals surface area contributed by atoms with Crippen LogP contribution in [0.25, 0.3) is 0 Å². The van der Waals surface area contributed by atoms with E-state index in [1.54, 1.807) is 6.92 Å². The van der Waals surface area contributed by atoms with E-state index >= 15 is 0 Å². The average Bonchev–Trinajstić information content (AvgIpc) is 2.14. The Kier molecular flexibility index (Phi) is 5.24. The van der Waals surface area contributed by atoms with Crippen LogP contribution in [0.3, 0.4) is 0 Å². The highest BCUT2D eigenvalue weighted by molar-refractivity contribution is 5.77. The van der Waals surface area contributed by atoms with Crippen molar-refractivity contribution in [1.82, 2.24) is 4.90 Å².